The SMILES string of the molecule is CO[Si](C)(CCCN(F)C(=O)Oc1cc(F)c(F)c(F)c1F)OC. The molecule has 0 aromatic heterocycles. The summed E-state index contributed by atoms with van der Waals surface area (Å²) in [7, 11) is 0.435. The van der Waals surface area contributed by atoms with Crippen LogP contribution in [0.2, 0.25) is 12.6 Å². The van der Waals surface area contributed by atoms with Gasteiger partial charge in [0, 0.05) is 20.3 Å². The van der Waals surface area contributed by atoms with E-state index in [-0.39, 0.29) is 12.5 Å². The Balaban J connectivity index is 2.65. The van der Waals surface area contributed by atoms with Crippen LogP contribution in [0, 0.1) is 23.3 Å². The van der Waals surface area contributed by atoms with Crippen molar-refractivity contribution in [2.75, 3.05) is 20.8 Å². The van der Waals surface area contributed by atoms with Gasteiger partial charge in [0.1, 0.15) is 0 Å². The summed E-state index contributed by atoms with van der Waals surface area (Å²) in [5.41, 5.74) is 0. The molecule has 136 valence electrons. The second-order valence-electron chi connectivity index (χ2n) is 4.90. The van der Waals surface area contributed by atoms with Crippen molar-refractivity contribution >= 4 is 14.7 Å². The Morgan fingerprint density at radius 2 is 1.71 bits per heavy atom. The predicted molar refractivity (Wildman–Crippen MR) is 75.2 cm³/mol. The molecule has 5 nitrogen and oxygen atoms in total. The van der Waals surface area contributed by atoms with Crippen molar-refractivity contribution < 1.29 is 40.4 Å². The van der Waals surface area contributed by atoms with Crippen molar-refractivity contribution in [3.63, 3.8) is 0 Å². The number of rotatable bonds is 7. The fraction of sp³-hybridized carbons (Fsp3) is 0.462. The van der Waals surface area contributed by atoms with E-state index < -0.39 is 55.3 Å². The molecule has 0 aliphatic rings. The Kier molecular flexibility index (Phi) is 7.11. The summed E-state index contributed by atoms with van der Waals surface area (Å²) in [6.07, 6.45) is -1.55. The summed E-state index contributed by atoms with van der Waals surface area (Å²) in [4.78, 5) is 11.4. The zero-order valence-electron chi connectivity index (χ0n) is 13.2. The van der Waals surface area contributed by atoms with E-state index in [0.29, 0.717) is 6.04 Å². The normalized spacial score (nSPS) is 11.5. The molecule has 0 unspecified atom stereocenters. The summed E-state index contributed by atoms with van der Waals surface area (Å²) in [6, 6.07) is 0.460. The Hall–Kier alpha value is -1.72. The summed E-state index contributed by atoms with van der Waals surface area (Å²) in [6.45, 7) is 1.29. The van der Waals surface area contributed by atoms with Crippen LogP contribution in [0.15, 0.2) is 6.07 Å². The van der Waals surface area contributed by atoms with Crippen molar-refractivity contribution in [1.82, 2.24) is 5.12 Å². The van der Waals surface area contributed by atoms with Crippen LogP contribution < -0.4 is 4.74 Å². The molecule has 0 saturated carbocycles. The number of ether oxygens (including phenoxy) is 1. The number of nitrogens with zero attached hydrogens (tertiary/aromatic N) is 1. The van der Waals surface area contributed by atoms with Gasteiger partial charge in [0.05, 0.1) is 6.54 Å². The fourth-order valence-corrected chi connectivity index (χ4v) is 3.06. The van der Waals surface area contributed by atoms with Gasteiger partial charge < -0.3 is 13.6 Å². The van der Waals surface area contributed by atoms with Gasteiger partial charge >= 0.3 is 14.7 Å². The van der Waals surface area contributed by atoms with Gasteiger partial charge in [-0.2, -0.15) is 4.39 Å². The molecule has 0 atom stereocenters. The zero-order chi connectivity index (χ0) is 18.5. The quantitative estimate of drug-likeness (QED) is 0.241. The third-order valence-corrected chi connectivity index (χ3v) is 6.30. The van der Waals surface area contributed by atoms with Gasteiger partial charge in [0.15, 0.2) is 17.4 Å². The highest BCUT2D eigenvalue weighted by Gasteiger charge is 2.29. The second kappa shape index (κ2) is 8.40. The predicted octanol–water partition coefficient (Wildman–Crippen LogP) is 3.68. The molecule has 0 bridgehead atoms. The van der Waals surface area contributed by atoms with Crippen LogP contribution >= 0.6 is 0 Å². The lowest BCUT2D eigenvalue weighted by molar-refractivity contribution is 0.0356. The number of halogens is 5. The van der Waals surface area contributed by atoms with Crippen LogP contribution in [0.1, 0.15) is 6.42 Å². The van der Waals surface area contributed by atoms with E-state index in [4.69, 9.17) is 8.85 Å². The fourth-order valence-electron chi connectivity index (χ4n) is 1.69. The van der Waals surface area contributed by atoms with Crippen LogP contribution in [0.4, 0.5) is 26.8 Å². The molecule has 0 fully saturated rings. The van der Waals surface area contributed by atoms with Crippen LogP contribution in [0.3, 0.4) is 0 Å². The summed E-state index contributed by atoms with van der Waals surface area (Å²) < 4.78 is 80.2. The molecule has 11 heteroatoms. The average Bonchev–Trinajstić information content (AvgIpc) is 2.57. The van der Waals surface area contributed by atoms with E-state index in [1.165, 1.54) is 14.2 Å². The van der Waals surface area contributed by atoms with Crippen LogP contribution in [-0.4, -0.2) is 40.5 Å². The van der Waals surface area contributed by atoms with Gasteiger partial charge in [-0.25, -0.2) is 18.0 Å². The first kappa shape index (κ1) is 20.3. The van der Waals surface area contributed by atoms with E-state index in [9.17, 15) is 26.8 Å². The van der Waals surface area contributed by atoms with Crippen LogP contribution in [0.5, 0.6) is 5.75 Å². The number of carbonyl (C=O) groups excluding carboxylic acids is 1. The van der Waals surface area contributed by atoms with Crippen molar-refractivity contribution in [2.24, 2.45) is 0 Å². The maximum absolute atomic E-state index is 13.6. The molecule has 0 heterocycles. The highest BCUT2D eigenvalue weighted by molar-refractivity contribution is 6.65. The van der Waals surface area contributed by atoms with Crippen LogP contribution in [-0.2, 0) is 8.85 Å². The van der Waals surface area contributed by atoms with Gasteiger partial charge in [0.2, 0.25) is 11.6 Å². The Morgan fingerprint density at radius 3 is 2.25 bits per heavy atom. The largest absolute Gasteiger partial charge is 0.443 e. The first-order valence-electron chi connectivity index (χ1n) is 6.73. The van der Waals surface area contributed by atoms with Gasteiger partial charge in [-0.15, -0.1) is 5.12 Å². The van der Waals surface area contributed by atoms with Gasteiger partial charge in [-0.3, -0.25) is 0 Å². The average molecular weight is 373 g/mol. The lowest BCUT2D eigenvalue weighted by Crippen LogP contribution is -2.37. The number of hydrogen-bond acceptors (Lipinski definition) is 4. The second-order valence-corrected chi connectivity index (χ2v) is 8.48. The van der Waals surface area contributed by atoms with E-state index in [1.54, 1.807) is 6.55 Å². The van der Waals surface area contributed by atoms with Crippen molar-refractivity contribution in [1.29, 1.82) is 0 Å². The maximum atomic E-state index is 13.6. The number of hydrogen-bond donors (Lipinski definition) is 0. The first-order chi connectivity index (χ1) is 11.1. The molecular weight excluding hydrogens is 357 g/mol. The number of amides is 1. The van der Waals surface area contributed by atoms with Gasteiger partial charge in [0.25, 0.3) is 0 Å². The molecule has 0 aliphatic carbocycles. The van der Waals surface area contributed by atoms with Crippen molar-refractivity contribution in [3.8, 4) is 5.75 Å². The molecule has 1 rings (SSSR count). The van der Waals surface area contributed by atoms with Crippen molar-refractivity contribution in [2.45, 2.75) is 19.0 Å². The standard InChI is InChI=1S/C13H16F5NO4Si/c1-21-24(3,22-2)6-4-5-19(18)13(20)23-9-7-8(14)10(15)12(17)11(9)16/h7H,4-6H2,1-3H3. The Bertz CT molecular complexity index is 600. The minimum absolute atomic E-state index is 0.110. The Morgan fingerprint density at radius 1 is 1.12 bits per heavy atom. The monoisotopic (exact) mass is 373 g/mol. The summed E-state index contributed by atoms with van der Waals surface area (Å²) >= 11 is 0. The molecule has 1 aromatic carbocycles. The van der Waals surface area contributed by atoms with Gasteiger partial charge in [-0.1, -0.05) is 4.48 Å². The third kappa shape index (κ3) is 4.88. The molecule has 0 aliphatic heterocycles. The summed E-state index contributed by atoms with van der Waals surface area (Å²) in [5, 5.41) is -0.404. The van der Waals surface area contributed by atoms with Crippen LogP contribution in [0.25, 0.3) is 0 Å². The highest BCUT2D eigenvalue weighted by atomic mass is 28.4. The van der Waals surface area contributed by atoms with E-state index in [2.05, 4.69) is 4.74 Å². The minimum Gasteiger partial charge on any atom is -0.405 e. The summed E-state index contributed by atoms with van der Waals surface area (Å²) in [5.74, 6) is -9.19. The lowest BCUT2D eigenvalue weighted by Gasteiger charge is -2.23. The molecule has 0 N–H and O–H groups in total. The third-order valence-electron chi connectivity index (χ3n) is 3.31. The highest BCUT2D eigenvalue weighted by Crippen LogP contribution is 2.25. The maximum Gasteiger partial charge on any atom is 0.443 e. The molecule has 0 spiro atoms. The number of benzene rings is 1. The van der Waals surface area contributed by atoms with Crippen molar-refractivity contribution in [3.05, 3.63) is 29.3 Å². The van der Waals surface area contributed by atoms with E-state index in [0.717, 1.165) is 0 Å². The molecular formula is C13H16F5NO4Si. The van der Waals surface area contributed by atoms with E-state index >= 15 is 0 Å². The molecule has 0 saturated heterocycles. The first-order valence-corrected chi connectivity index (χ1v) is 9.26. The molecule has 1 aromatic rings. The minimum atomic E-state index is -2.45. The molecule has 0 radical (unpaired) electrons. The van der Waals surface area contributed by atoms with Gasteiger partial charge in [-0.05, 0) is 19.0 Å². The lowest BCUT2D eigenvalue weighted by atomic mass is 10.3. The molecule has 24 heavy (non-hydrogen) atoms. The zero-order valence-corrected chi connectivity index (χ0v) is 14.2. The molecule has 1 amide bonds. The smallest absolute Gasteiger partial charge is 0.405 e. The topological polar surface area (TPSA) is 48.0 Å². The Labute approximate surface area is 136 Å². The number of carbonyl (C=O) groups is 1. The van der Waals surface area contributed by atoms with E-state index in [1.807, 2.05) is 0 Å².